The van der Waals surface area contributed by atoms with Crippen LogP contribution in [-0.2, 0) is 13.9 Å². The molecule has 0 aromatic rings. The van der Waals surface area contributed by atoms with Gasteiger partial charge in [-0.2, -0.15) is 0 Å². The molecule has 0 N–H and O–H groups in total. The largest absolute Gasteiger partial charge is 0.444 e. The fourth-order valence-electron chi connectivity index (χ4n) is 3.08. The highest BCUT2D eigenvalue weighted by molar-refractivity contribution is 6.48. The molecule has 154 valence electrons. The lowest BCUT2D eigenvalue weighted by Crippen LogP contribution is -2.42. The molecule has 1 atom stereocenters. The number of amides is 1. The average Bonchev–Trinajstić information content (AvgIpc) is 2.47. The van der Waals surface area contributed by atoms with Crippen LogP contribution in [-0.4, -0.2) is 58.0 Å². The van der Waals surface area contributed by atoms with Crippen LogP contribution < -0.4 is 0 Å². The van der Waals surface area contributed by atoms with Gasteiger partial charge in [0, 0.05) is 26.3 Å². The summed E-state index contributed by atoms with van der Waals surface area (Å²) < 4.78 is 17.6. The van der Waals surface area contributed by atoms with Gasteiger partial charge in [-0.05, 0) is 64.5 Å². The van der Waals surface area contributed by atoms with E-state index in [1.165, 1.54) is 0 Å². The van der Waals surface area contributed by atoms with Crippen LogP contribution in [0.25, 0.3) is 0 Å². The van der Waals surface area contributed by atoms with Crippen molar-refractivity contribution in [3.8, 4) is 0 Å². The topological polar surface area (TPSA) is 48.0 Å². The number of ether oxygens (including phenoxy) is 2. The second kappa shape index (κ2) is 10.1. The molecule has 0 bridgehead atoms. The van der Waals surface area contributed by atoms with Crippen molar-refractivity contribution in [1.82, 2.24) is 4.90 Å². The van der Waals surface area contributed by atoms with E-state index in [0.717, 1.165) is 45.6 Å². The summed E-state index contributed by atoms with van der Waals surface area (Å²) in [7, 11) is -1.05. The maximum atomic E-state index is 12.1. The van der Waals surface area contributed by atoms with Gasteiger partial charge in [0.25, 0.3) is 0 Å². The van der Waals surface area contributed by atoms with Crippen molar-refractivity contribution in [1.29, 1.82) is 0 Å². The van der Waals surface area contributed by atoms with E-state index in [2.05, 4.69) is 33.9 Å². The van der Waals surface area contributed by atoms with Gasteiger partial charge in [-0.3, -0.25) is 0 Å². The van der Waals surface area contributed by atoms with E-state index in [-0.39, 0.29) is 17.6 Å². The Hall–Kier alpha value is -0.593. The molecule has 0 radical (unpaired) electrons. The van der Waals surface area contributed by atoms with Crippen molar-refractivity contribution >= 4 is 15.1 Å². The molecule has 1 aliphatic heterocycles. The third-order valence-corrected chi connectivity index (χ3v) is 5.42. The quantitative estimate of drug-likeness (QED) is 0.478. The predicted molar refractivity (Wildman–Crippen MR) is 109 cm³/mol. The molecule has 1 amide bonds. The highest BCUT2D eigenvalue weighted by Crippen LogP contribution is 2.26. The van der Waals surface area contributed by atoms with E-state index < -0.39 is 14.6 Å². The van der Waals surface area contributed by atoms with Crippen LogP contribution in [0.2, 0.25) is 13.1 Å². The van der Waals surface area contributed by atoms with Crippen molar-refractivity contribution in [3.05, 3.63) is 0 Å². The highest BCUT2D eigenvalue weighted by atomic mass is 28.3. The zero-order valence-corrected chi connectivity index (χ0v) is 19.4. The number of carbonyl (C=O) groups excluding carboxylic acids is 1. The fourth-order valence-corrected chi connectivity index (χ4v) is 4.28. The average molecular weight is 388 g/mol. The molecular formula is C20H41NO4Si. The number of hydrogen-bond donors (Lipinski definition) is 0. The number of carbonyl (C=O) groups is 1. The molecule has 1 rings (SSSR count). The smallest absolute Gasteiger partial charge is 0.410 e. The molecule has 0 aromatic heterocycles. The van der Waals surface area contributed by atoms with Crippen LogP contribution in [0.1, 0.15) is 60.8 Å². The van der Waals surface area contributed by atoms with Gasteiger partial charge < -0.3 is 18.8 Å². The summed E-state index contributed by atoms with van der Waals surface area (Å²) in [6.45, 7) is 19.9. The summed E-state index contributed by atoms with van der Waals surface area (Å²) in [6.07, 6.45) is 2.99. The summed E-state index contributed by atoms with van der Waals surface area (Å²) in [5, 5.41) is 0. The standard InChI is InChI=1S/C20H41NO4Si/c1-19(2,3)17(25-26(7)8)11-14-23-15-16-9-12-21(13-10-16)18(22)24-20(4,5)6/h16-17,26H,9-15H2,1-8H3. The molecule has 5 nitrogen and oxygen atoms in total. The summed E-state index contributed by atoms with van der Waals surface area (Å²) >= 11 is 0. The van der Waals surface area contributed by atoms with Crippen LogP contribution in [0.15, 0.2) is 0 Å². The van der Waals surface area contributed by atoms with Crippen LogP contribution in [0.3, 0.4) is 0 Å². The Morgan fingerprint density at radius 1 is 1.12 bits per heavy atom. The van der Waals surface area contributed by atoms with Gasteiger partial charge in [-0.15, -0.1) is 0 Å². The molecule has 1 heterocycles. The van der Waals surface area contributed by atoms with Crippen LogP contribution in [0, 0.1) is 11.3 Å². The van der Waals surface area contributed by atoms with Crippen molar-refractivity contribution in [2.24, 2.45) is 11.3 Å². The maximum absolute atomic E-state index is 12.1. The molecule has 1 saturated heterocycles. The minimum Gasteiger partial charge on any atom is -0.444 e. The number of likely N-dealkylation sites (tertiary alicyclic amines) is 1. The predicted octanol–water partition coefficient (Wildman–Crippen LogP) is 4.45. The molecule has 26 heavy (non-hydrogen) atoms. The van der Waals surface area contributed by atoms with Crippen LogP contribution in [0.4, 0.5) is 4.79 Å². The van der Waals surface area contributed by atoms with E-state index in [9.17, 15) is 4.79 Å². The lowest BCUT2D eigenvalue weighted by atomic mass is 9.87. The third kappa shape index (κ3) is 9.37. The normalized spacial score (nSPS) is 18.3. The number of piperidine rings is 1. The second-order valence-corrected chi connectivity index (χ2v) is 12.2. The molecule has 1 aliphatic rings. The molecule has 0 aromatic carbocycles. The zero-order valence-electron chi connectivity index (χ0n) is 18.3. The van der Waals surface area contributed by atoms with Gasteiger partial charge in [-0.25, -0.2) is 4.79 Å². The van der Waals surface area contributed by atoms with Crippen molar-refractivity contribution in [2.45, 2.75) is 85.6 Å². The Bertz CT molecular complexity index is 421. The van der Waals surface area contributed by atoms with E-state index in [0.29, 0.717) is 5.92 Å². The molecule has 0 spiro atoms. The first-order valence-corrected chi connectivity index (χ1v) is 12.9. The Morgan fingerprint density at radius 3 is 2.15 bits per heavy atom. The molecule has 0 saturated carbocycles. The minimum absolute atomic E-state index is 0.152. The Labute approximate surface area is 162 Å². The molecule has 1 fully saturated rings. The maximum Gasteiger partial charge on any atom is 0.410 e. The Balaban J connectivity index is 2.26. The number of rotatable bonds is 7. The van der Waals surface area contributed by atoms with Crippen molar-refractivity contribution < 1.29 is 18.7 Å². The molecule has 0 aliphatic carbocycles. The Kier molecular flexibility index (Phi) is 9.10. The van der Waals surface area contributed by atoms with Crippen LogP contribution in [0.5, 0.6) is 0 Å². The van der Waals surface area contributed by atoms with E-state index in [1.54, 1.807) is 0 Å². The number of nitrogens with zero attached hydrogens (tertiary/aromatic N) is 1. The van der Waals surface area contributed by atoms with Gasteiger partial charge in [0.2, 0.25) is 0 Å². The fraction of sp³-hybridized carbons (Fsp3) is 0.950. The minimum atomic E-state index is -1.05. The number of hydrogen-bond acceptors (Lipinski definition) is 4. The summed E-state index contributed by atoms with van der Waals surface area (Å²) in [5.74, 6) is 0.530. The van der Waals surface area contributed by atoms with Crippen LogP contribution >= 0.6 is 0 Å². The van der Waals surface area contributed by atoms with Crippen molar-refractivity contribution in [2.75, 3.05) is 26.3 Å². The zero-order chi connectivity index (χ0) is 20.0. The van der Waals surface area contributed by atoms with Gasteiger partial charge in [-0.1, -0.05) is 20.8 Å². The summed E-state index contributed by atoms with van der Waals surface area (Å²) in [6, 6.07) is 0. The van der Waals surface area contributed by atoms with E-state index in [1.807, 2.05) is 25.7 Å². The first-order valence-electron chi connectivity index (χ1n) is 10.1. The molecular weight excluding hydrogens is 346 g/mol. The SMILES string of the molecule is C[SiH](C)OC(CCOCC1CCN(C(=O)OC(C)(C)C)CC1)C(C)(C)C. The van der Waals surface area contributed by atoms with Gasteiger partial charge in [0.05, 0.1) is 6.10 Å². The third-order valence-electron chi connectivity index (χ3n) is 4.55. The summed E-state index contributed by atoms with van der Waals surface area (Å²) in [5.41, 5.74) is -0.277. The van der Waals surface area contributed by atoms with Gasteiger partial charge in [0.15, 0.2) is 9.04 Å². The highest BCUT2D eigenvalue weighted by Gasteiger charge is 2.28. The monoisotopic (exact) mass is 387 g/mol. The van der Waals surface area contributed by atoms with E-state index >= 15 is 0 Å². The first-order chi connectivity index (χ1) is 11.9. The van der Waals surface area contributed by atoms with Gasteiger partial charge >= 0.3 is 6.09 Å². The van der Waals surface area contributed by atoms with Gasteiger partial charge in [0.1, 0.15) is 5.60 Å². The van der Waals surface area contributed by atoms with Crippen molar-refractivity contribution in [3.63, 3.8) is 0 Å². The summed E-state index contributed by atoms with van der Waals surface area (Å²) in [4.78, 5) is 13.9. The molecule has 1 unspecified atom stereocenters. The first kappa shape index (κ1) is 23.4. The molecule has 6 heteroatoms. The lowest BCUT2D eigenvalue weighted by Gasteiger charge is -2.34. The Morgan fingerprint density at radius 2 is 1.69 bits per heavy atom. The lowest BCUT2D eigenvalue weighted by molar-refractivity contribution is 0.00481. The van der Waals surface area contributed by atoms with E-state index in [4.69, 9.17) is 13.9 Å². The second-order valence-electron chi connectivity index (χ2n) is 9.81.